The predicted octanol–water partition coefficient (Wildman–Crippen LogP) is 8.56. The molecule has 1 aromatic heterocycles. The van der Waals surface area contributed by atoms with Crippen molar-refractivity contribution in [3.8, 4) is 0 Å². The lowest BCUT2D eigenvalue weighted by Crippen LogP contribution is -2.70. The summed E-state index contributed by atoms with van der Waals surface area (Å²) in [6, 6.07) is -1.72. The normalized spacial score (nSPS) is 19.8. The van der Waals surface area contributed by atoms with Crippen LogP contribution in [0.2, 0.25) is 0 Å². The Morgan fingerprint density at radius 2 is 0.942 bits per heavy atom. The number of anilines is 3. The summed E-state index contributed by atoms with van der Waals surface area (Å²) < 4.78 is 62.6. The molecule has 0 aliphatic carbocycles. The third-order valence-electron chi connectivity index (χ3n) is 8.02. The molecule has 1 N–H and O–H groups in total. The molecule has 24 nitrogen and oxygen atoms in total. The van der Waals surface area contributed by atoms with Gasteiger partial charge < -0.3 is 57.4 Å². The lowest BCUT2D eigenvalue weighted by molar-refractivity contribution is -0.202. The molecule has 69 heavy (non-hydrogen) atoms. The maximum absolute atomic E-state index is 15.2. The minimum absolute atomic E-state index is 0.166. The maximum Gasteiger partial charge on any atom is 0.509 e. The van der Waals surface area contributed by atoms with E-state index in [-0.39, 0.29) is 9.47 Å². The Morgan fingerprint density at radius 1 is 0.551 bits per heavy atom. The average molecular weight is 986 g/mol. The largest absolute Gasteiger partial charge is 0.509 e. The number of carbonyl (C=O) groups is 7. The fourth-order valence-corrected chi connectivity index (χ4v) is 5.97. The molecule has 1 saturated heterocycles. The summed E-state index contributed by atoms with van der Waals surface area (Å²) in [7, 11) is 0. The molecule has 390 valence electrons. The van der Waals surface area contributed by atoms with Gasteiger partial charge in [0, 0.05) is 0 Å². The van der Waals surface area contributed by atoms with Crippen molar-refractivity contribution in [3.05, 3.63) is 10.4 Å². The smallest absolute Gasteiger partial charge is 0.443 e. The van der Waals surface area contributed by atoms with E-state index in [2.05, 4.69) is 10.3 Å². The van der Waals surface area contributed by atoms with E-state index in [1.54, 1.807) is 41.5 Å². The van der Waals surface area contributed by atoms with Crippen molar-refractivity contribution in [3.63, 3.8) is 0 Å². The first-order valence-electron chi connectivity index (χ1n) is 22.1. The molecule has 2 aliphatic heterocycles. The van der Waals surface area contributed by atoms with Crippen molar-refractivity contribution in [2.75, 3.05) is 21.7 Å². The zero-order valence-electron chi connectivity index (χ0n) is 43.6. The number of imide groups is 1. The molecule has 5 unspecified atom stereocenters. The highest BCUT2D eigenvalue weighted by Gasteiger charge is 2.58. The van der Waals surface area contributed by atoms with Gasteiger partial charge in [-0.15, -0.1) is 4.90 Å². The Morgan fingerprint density at radius 3 is 1.36 bits per heavy atom. The molecule has 24 heteroatoms. The van der Waals surface area contributed by atoms with Crippen LogP contribution in [0.3, 0.4) is 0 Å². The van der Waals surface area contributed by atoms with Gasteiger partial charge in [-0.3, -0.25) is 4.79 Å². The maximum atomic E-state index is 15.2. The van der Waals surface area contributed by atoms with Crippen LogP contribution in [0.4, 0.5) is 51.0 Å². The van der Waals surface area contributed by atoms with E-state index in [0.29, 0.717) is 4.90 Å². The SMILES string of the molecule is CC(C)(C)OC(=O)OCC1OC2C(Nc3c(nc(N(C(=O)OC(C)(C)C)C(=O)OC(C)(C)C)n(C(=O)OC(C)(C)C)c3=O)N2C(=O)OC(C)(C)C)C(OC(=O)OC(C)(C)C)C1OC(=O)OC(C)(C)C. The molecule has 1 fully saturated rings. The van der Waals surface area contributed by atoms with E-state index < -0.39 is 142 Å². The van der Waals surface area contributed by atoms with Gasteiger partial charge in [0.05, 0.1) is 0 Å². The Bertz CT molecular complexity index is 2150. The number of hydrogen-bond donors (Lipinski definition) is 1. The fourth-order valence-electron chi connectivity index (χ4n) is 5.97. The Balaban J connectivity index is 2.59. The van der Waals surface area contributed by atoms with E-state index in [1.165, 1.54) is 104 Å². The van der Waals surface area contributed by atoms with Crippen LogP contribution in [0.25, 0.3) is 0 Å². The van der Waals surface area contributed by atoms with Crippen LogP contribution in [0.15, 0.2) is 4.79 Å². The van der Waals surface area contributed by atoms with Gasteiger partial charge in [-0.2, -0.15) is 9.55 Å². The van der Waals surface area contributed by atoms with Crippen molar-refractivity contribution in [1.29, 1.82) is 0 Å². The minimum Gasteiger partial charge on any atom is -0.443 e. The Labute approximate surface area is 402 Å². The van der Waals surface area contributed by atoms with Crippen LogP contribution in [-0.4, -0.2) is 129 Å². The van der Waals surface area contributed by atoms with Crippen LogP contribution in [0.5, 0.6) is 0 Å². The number of ether oxygens (including phenoxy) is 11. The molecule has 1 aromatic rings. The molecule has 2 aliphatic rings. The molecule has 0 bridgehead atoms. The van der Waals surface area contributed by atoms with Gasteiger partial charge in [0.25, 0.3) is 5.56 Å². The number of rotatable bonds is 5. The van der Waals surface area contributed by atoms with Crippen molar-refractivity contribution < 1.29 is 85.7 Å². The van der Waals surface area contributed by atoms with Gasteiger partial charge in [0.15, 0.2) is 24.3 Å². The summed E-state index contributed by atoms with van der Waals surface area (Å²) in [5.74, 6) is -1.82. The Kier molecular flexibility index (Phi) is 16.7. The summed E-state index contributed by atoms with van der Waals surface area (Å²) in [6.45, 7) is 31.0. The standard InChI is InChI=1S/C45H71N5O19/c1-39(2,3)63-32(52)48-28-25(29(51)49(33(53)64-40(4,5)6)31(47-28)50(34(54)65-41(7,8)9)35(55)66-42(10,11)12)46-24-27(62-38(58)69-45(19,20)21)26(61-37(57)68-44(16,17)18)23(60-30(24)48)22-59-36(56)67-43(13,14)15/h23-24,26-27,30,46H,22H2,1-21H3. The van der Waals surface area contributed by atoms with Gasteiger partial charge >= 0.3 is 42.8 Å². The van der Waals surface area contributed by atoms with Crippen LogP contribution in [0, 0.1) is 0 Å². The van der Waals surface area contributed by atoms with Crippen molar-refractivity contribution in [2.24, 2.45) is 0 Å². The second-order valence-corrected chi connectivity index (χ2v) is 23.0. The van der Waals surface area contributed by atoms with Gasteiger partial charge in [-0.05, 0) is 145 Å². The van der Waals surface area contributed by atoms with E-state index in [9.17, 15) is 33.6 Å². The lowest BCUT2D eigenvalue weighted by atomic mass is 9.93. The second-order valence-electron chi connectivity index (χ2n) is 23.0. The van der Waals surface area contributed by atoms with E-state index >= 15 is 4.79 Å². The number of nitrogens with one attached hydrogen (secondary N) is 1. The van der Waals surface area contributed by atoms with E-state index in [4.69, 9.17) is 52.1 Å². The zero-order valence-corrected chi connectivity index (χ0v) is 43.6. The third kappa shape index (κ3) is 17.1. The molecule has 0 radical (unpaired) electrons. The molecule has 5 atom stereocenters. The number of amides is 3. The summed E-state index contributed by atoms with van der Waals surface area (Å²) >= 11 is 0. The summed E-state index contributed by atoms with van der Waals surface area (Å²) in [5.41, 5.74) is -10.7. The summed E-state index contributed by atoms with van der Waals surface area (Å²) in [6.07, 6.45) is -16.9. The van der Waals surface area contributed by atoms with Crippen LogP contribution >= 0.6 is 0 Å². The second kappa shape index (κ2) is 20.1. The van der Waals surface area contributed by atoms with Crippen molar-refractivity contribution >= 4 is 60.3 Å². The monoisotopic (exact) mass is 985 g/mol. The minimum atomic E-state index is -1.88. The van der Waals surface area contributed by atoms with E-state index in [0.717, 1.165) is 0 Å². The number of fused-ring (bicyclic) bond motifs is 2. The number of aromatic nitrogens is 2. The van der Waals surface area contributed by atoms with Gasteiger partial charge in [0.2, 0.25) is 5.95 Å². The molecule has 0 aromatic carbocycles. The molecule has 0 spiro atoms. The van der Waals surface area contributed by atoms with Crippen LogP contribution in [-0.2, 0) is 52.1 Å². The topological polar surface area (TPSA) is 274 Å². The van der Waals surface area contributed by atoms with Crippen LogP contribution < -0.4 is 20.7 Å². The molecular weight excluding hydrogens is 915 g/mol. The summed E-state index contributed by atoms with van der Waals surface area (Å²) in [5, 5.41) is 2.83. The third-order valence-corrected chi connectivity index (χ3v) is 8.02. The number of hydrogen-bond acceptors (Lipinski definition) is 21. The zero-order chi connectivity index (χ0) is 53.4. The molecule has 3 heterocycles. The fraction of sp³-hybridized carbons (Fsp3) is 0.756. The van der Waals surface area contributed by atoms with Gasteiger partial charge in [-0.25, -0.2) is 38.5 Å². The predicted molar refractivity (Wildman–Crippen MR) is 244 cm³/mol. The molecular formula is C45H71N5O19. The quantitative estimate of drug-likeness (QED) is 0.214. The Hall–Kier alpha value is -6.07. The molecule has 3 rings (SSSR count). The highest BCUT2D eigenvalue weighted by Crippen LogP contribution is 2.41. The van der Waals surface area contributed by atoms with Crippen LogP contribution in [0.1, 0.15) is 145 Å². The van der Waals surface area contributed by atoms with Gasteiger partial charge in [0.1, 0.15) is 63.6 Å². The van der Waals surface area contributed by atoms with Crippen molar-refractivity contribution in [2.45, 2.75) is 215 Å². The first-order valence-corrected chi connectivity index (χ1v) is 22.1. The lowest BCUT2D eigenvalue weighted by Gasteiger charge is -2.50. The highest BCUT2D eigenvalue weighted by molar-refractivity contribution is 6.09. The van der Waals surface area contributed by atoms with E-state index in [1.807, 2.05) is 0 Å². The number of nitrogens with zero attached hydrogens (tertiary/aromatic N) is 4. The molecule has 3 amide bonds. The summed E-state index contributed by atoms with van der Waals surface area (Å²) in [4.78, 5) is 118. The van der Waals surface area contributed by atoms with Gasteiger partial charge in [-0.1, -0.05) is 0 Å². The first kappa shape index (κ1) is 57.2. The molecule has 0 saturated carbocycles. The first-order chi connectivity index (χ1) is 30.9. The van der Waals surface area contributed by atoms with Crippen molar-refractivity contribution in [1.82, 2.24) is 9.55 Å². The highest BCUT2D eigenvalue weighted by atomic mass is 16.8. The average Bonchev–Trinajstić information content (AvgIpc) is 3.05. The number of carbonyl (C=O) groups excluding carboxylic acids is 7.